The highest BCUT2D eigenvalue weighted by Gasteiger charge is 2.37. The predicted molar refractivity (Wildman–Crippen MR) is 102 cm³/mol. The molecular weight excluding hydrogens is 388 g/mol. The van der Waals surface area contributed by atoms with E-state index in [4.69, 9.17) is 9.84 Å². The molecule has 2 amide bonds. The Hall–Kier alpha value is -2.62. The summed E-state index contributed by atoms with van der Waals surface area (Å²) < 4.78 is 31.3. The van der Waals surface area contributed by atoms with Crippen molar-refractivity contribution in [2.75, 3.05) is 24.1 Å². The number of sulfonamides is 1. The molecule has 1 aromatic carbocycles. The standard InChI is InChI=1S/C18H24N2O7S/c1-3-4-5-6-9-27-15-11-13-12(10-14(15)19-28(2,25)26)17(23)20(18(13)24)8-7-16(21)22/h10-11,19H,3-9H2,1-2H3,(H,21,22). The van der Waals surface area contributed by atoms with Crippen molar-refractivity contribution >= 4 is 33.5 Å². The fourth-order valence-corrected chi connectivity index (χ4v) is 3.40. The van der Waals surface area contributed by atoms with Gasteiger partial charge in [0, 0.05) is 6.54 Å². The minimum absolute atomic E-state index is 0.0138. The Kier molecular flexibility index (Phi) is 7.00. The van der Waals surface area contributed by atoms with Gasteiger partial charge in [0.2, 0.25) is 10.0 Å². The van der Waals surface area contributed by atoms with E-state index in [9.17, 15) is 22.8 Å². The minimum atomic E-state index is -3.64. The number of ether oxygens (including phenoxy) is 1. The third-order valence-corrected chi connectivity index (χ3v) is 4.76. The average molecular weight is 412 g/mol. The van der Waals surface area contributed by atoms with Gasteiger partial charge in [-0.05, 0) is 18.6 Å². The van der Waals surface area contributed by atoms with Gasteiger partial charge in [0.25, 0.3) is 11.8 Å². The van der Waals surface area contributed by atoms with Crippen LogP contribution in [0.4, 0.5) is 5.69 Å². The molecule has 28 heavy (non-hydrogen) atoms. The number of carbonyl (C=O) groups excluding carboxylic acids is 2. The lowest BCUT2D eigenvalue weighted by Crippen LogP contribution is -2.31. The van der Waals surface area contributed by atoms with Crippen LogP contribution < -0.4 is 9.46 Å². The lowest BCUT2D eigenvalue weighted by Gasteiger charge is -2.13. The van der Waals surface area contributed by atoms with E-state index in [1.165, 1.54) is 12.1 Å². The number of nitrogens with one attached hydrogen (secondary N) is 1. The number of amides is 2. The van der Waals surface area contributed by atoms with E-state index in [-0.39, 0.29) is 35.5 Å². The number of nitrogens with zero attached hydrogens (tertiary/aromatic N) is 1. The second-order valence-corrected chi connectivity index (χ2v) is 8.33. The number of hydrogen-bond donors (Lipinski definition) is 2. The summed E-state index contributed by atoms with van der Waals surface area (Å²) in [7, 11) is -3.64. The molecule has 0 spiro atoms. The number of unbranched alkanes of at least 4 members (excludes halogenated alkanes) is 3. The maximum Gasteiger partial charge on any atom is 0.305 e. The molecule has 9 nitrogen and oxygen atoms in total. The van der Waals surface area contributed by atoms with Crippen molar-refractivity contribution in [2.24, 2.45) is 0 Å². The number of carbonyl (C=O) groups is 3. The van der Waals surface area contributed by atoms with Crippen molar-refractivity contribution in [2.45, 2.75) is 39.0 Å². The van der Waals surface area contributed by atoms with Gasteiger partial charge >= 0.3 is 5.97 Å². The van der Waals surface area contributed by atoms with Crippen LogP contribution in [0.15, 0.2) is 12.1 Å². The molecule has 0 saturated heterocycles. The molecular formula is C18H24N2O7S. The van der Waals surface area contributed by atoms with Crippen molar-refractivity contribution in [3.05, 3.63) is 23.3 Å². The molecule has 1 aliphatic heterocycles. The van der Waals surface area contributed by atoms with Crippen LogP contribution in [0.1, 0.15) is 59.7 Å². The number of fused-ring (bicyclic) bond motifs is 1. The average Bonchev–Trinajstić information content (AvgIpc) is 2.82. The molecule has 0 radical (unpaired) electrons. The summed E-state index contributed by atoms with van der Waals surface area (Å²) in [4.78, 5) is 36.6. The smallest absolute Gasteiger partial charge is 0.305 e. The topological polar surface area (TPSA) is 130 Å². The Morgan fingerprint density at radius 3 is 2.36 bits per heavy atom. The monoisotopic (exact) mass is 412 g/mol. The first-order chi connectivity index (χ1) is 13.1. The zero-order valence-corrected chi connectivity index (χ0v) is 16.7. The number of benzene rings is 1. The van der Waals surface area contributed by atoms with Gasteiger partial charge in [-0.1, -0.05) is 26.2 Å². The van der Waals surface area contributed by atoms with Crippen LogP contribution in [-0.2, 0) is 14.8 Å². The highest BCUT2D eigenvalue weighted by Crippen LogP contribution is 2.34. The van der Waals surface area contributed by atoms with Crippen LogP contribution in [0, 0.1) is 0 Å². The van der Waals surface area contributed by atoms with Gasteiger partial charge in [0.05, 0.1) is 36.1 Å². The zero-order chi connectivity index (χ0) is 20.9. The molecule has 1 aliphatic rings. The van der Waals surface area contributed by atoms with Crippen molar-refractivity contribution in [3.63, 3.8) is 0 Å². The Labute approximate surface area is 163 Å². The highest BCUT2D eigenvalue weighted by atomic mass is 32.2. The molecule has 154 valence electrons. The fraction of sp³-hybridized carbons (Fsp3) is 0.500. The molecule has 2 N–H and O–H groups in total. The number of aliphatic carboxylic acids is 1. The third-order valence-electron chi connectivity index (χ3n) is 4.17. The Bertz CT molecular complexity index is 880. The van der Waals surface area contributed by atoms with Gasteiger partial charge in [0.15, 0.2) is 0 Å². The molecule has 0 bridgehead atoms. The highest BCUT2D eigenvalue weighted by molar-refractivity contribution is 7.92. The predicted octanol–water partition coefficient (Wildman–Crippen LogP) is 2.09. The zero-order valence-electron chi connectivity index (χ0n) is 15.9. The first-order valence-corrected chi connectivity index (χ1v) is 10.9. The van der Waals surface area contributed by atoms with E-state index in [1.54, 1.807) is 0 Å². The maximum absolute atomic E-state index is 12.5. The van der Waals surface area contributed by atoms with Gasteiger partial charge in [-0.3, -0.25) is 24.0 Å². The third kappa shape index (κ3) is 5.44. The molecule has 1 heterocycles. The van der Waals surface area contributed by atoms with Crippen LogP contribution in [0.3, 0.4) is 0 Å². The number of carboxylic acid groups (broad SMARTS) is 1. The molecule has 0 aromatic heterocycles. The molecule has 1 aromatic rings. The molecule has 0 aliphatic carbocycles. The van der Waals surface area contributed by atoms with E-state index < -0.39 is 27.8 Å². The second-order valence-electron chi connectivity index (χ2n) is 6.58. The molecule has 2 rings (SSSR count). The minimum Gasteiger partial charge on any atom is -0.491 e. The van der Waals surface area contributed by atoms with Crippen molar-refractivity contribution < 1.29 is 32.6 Å². The summed E-state index contributed by atoms with van der Waals surface area (Å²) >= 11 is 0. The summed E-state index contributed by atoms with van der Waals surface area (Å²) in [6.45, 7) is 2.15. The Morgan fingerprint density at radius 2 is 1.79 bits per heavy atom. The summed E-state index contributed by atoms with van der Waals surface area (Å²) in [6.07, 6.45) is 4.42. The van der Waals surface area contributed by atoms with E-state index in [1.807, 2.05) is 0 Å². The molecule has 0 saturated carbocycles. The van der Waals surface area contributed by atoms with Crippen molar-refractivity contribution in [1.29, 1.82) is 0 Å². The SMILES string of the molecule is CCCCCCOc1cc2c(cc1NS(C)(=O)=O)C(=O)N(CCC(=O)O)C2=O. The molecule has 10 heteroatoms. The van der Waals surface area contributed by atoms with Crippen molar-refractivity contribution in [1.82, 2.24) is 4.90 Å². The summed E-state index contributed by atoms with van der Waals surface area (Å²) in [5, 5.41) is 8.79. The number of anilines is 1. The first-order valence-electron chi connectivity index (χ1n) is 9.00. The van der Waals surface area contributed by atoms with E-state index >= 15 is 0 Å². The molecule has 0 fully saturated rings. The Morgan fingerprint density at radius 1 is 1.14 bits per heavy atom. The Balaban J connectivity index is 2.30. The van der Waals surface area contributed by atoms with E-state index in [0.29, 0.717) is 6.61 Å². The van der Waals surface area contributed by atoms with Gasteiger partial charge < -0.3 is 9.84 Å². The van der Waals surface area contributed by atoms with Crippen LogP contribution in [0.2, 0.25) is 0 Å². The lowest BCUT2D eigenvalue weighted by molar-refractivity contribution is -0.137. The number of carboxylic acids is 1. The fourth-order valence-electron chi connectivity index (χ4n) is 2.84. The van der Waals surface area contributed by atoms with Crippen LogP contribution in [-0.4, -0.2) is 55.6 Å². The second kappa shape index (κ2) is 9.05. The number of hydrogen-bond acceptors (Lipinski definition) is 6. The molecule has 0 atom stereocenters. The van der Waals surface area contributed by atoms with E-state index in [0.717, 1.165) is 36.8 Å². The van der Waals surface area contributed by atoms with Gasteiger partial charge in [-0.25, -0.2) is 8.42 Å². The summed E-state index contributed by atoms with van der Waals surface area (Å²) in [5.74, 6) is -2.26. The first kappa shape index (κ1) is 21.7. The van der Waals surface area contributed by atoms with Crippen LogP contribution in [0.5, 0.6) is 5.75 Å². The number of imide groups is 1. The van der Waals surface area contributed by atoms with Crippen LogP contribution in [0.25, 0.3) is 0 Å². The lowest BCUT2D eigenvalue weighted by atomic mass is 10.1. The summed E-state index contributed by atoms with van der Waals surface area (Å²) in [6, 6.07) is 2.60. The summed E-state index contributed by atoms with van der Waals surface area (Å²) in [5.41, 5.74) is 0.149. The number of rotatable bonds is 11. The quantitative estimate of drug-likeness (QED) is 0.420. The maximum atomic E-state index is 12.5. The van der Waals surface area contributed by atoms with Crippen molar-refractivity contribution in [3.8, 4) is 5.75 Å². The van der Waals surface area contributed by atoms with Crippen LogP contribution >= 0.6 is 0 Å². The van der Waals surface area contributed by atoms with Gasteiger partial charge in [0.1, 0.15) is 5.75 Å². The van der Waals surface area contributed by atoms with Gasteiger partial charge in [-0.2, -0.15) is 0 Å². The van der Waals surface area contributed by atoms with E-state index in [2.05, 4.69) is 11.6 Å². The largest absolute Gasteiger partial charge is 0.491 e. The van der Waals surface area contributed by atoms with Gasteiger partial charge in [-0.15, -0.1) is 0 Å². The normalized spacial score (nSPS) is 13.6. The molecule has 0 unspecified atom stereocenters.